The van der Waals surface area contributed by atoms with Gasteiger partial charge in [-0.25, -0.2) is 0 Å². The number of nitro benzene ring substituents is 1. The van der Waals surface area contributed by atoms with Crippen molar-refractivity contribution in [3.8, 4) is 11.3 Å². The SMILES string of the molecule is O=C(Nc1ccc([N+](=O)[O-])c(C(F)(F)F)c1)c1ccc(-c2ccc(Cl)cc2Cl)o1. The van der Waals surface area contributed by atoms with Crippen LogP contribution in [0.2, 0.25) is 10.0 Å². The normalized spacial score (nSPS) is 11.3. The zero-order valence-corrected chi connectivity index (χ0v) is 15.6. The molecule has 0 bridgehead atoms. The number of benzene rings is 2. The Balaban J connectivity index is 1.86. The van der Waals surface area contributed by atoms with E-state index < -0.39 is 28.3 Å². The molecular formula is C18H9Cl2F3N2O4. The smallest absolute Gasteiger partial charge is 0.423 e. The van der Waals surface area contributed by atoms with Crippen LogP contribution in [0.25, 0.3) is 11.3 Å². The number of furan rings is 1. The fraction of sp³-hybridized carbons (Fsp3) is 0.0556. The molecule has 0 saturated heterocycles. The van der Waals surface area contributed by atoms with Gasteiger partial charge in [0.05, 0.1) is 9.95 Å². The lowest BCUT2D eigenvalue weighted by atomic mass is 10.1. The second kappa shape index (κ2) is 7.76. The average molecular weight is 445 g/mol. The highest BCUT2D eigenvalue weighted by atomic mass is 35.5. The molecule has 6 nitrogen and oxygen atoms in total. The Kier molecular flexibility index (Phi) is 5.54. The lowest BCUT2D eigenvalue weighted by molar-refractivity contribution is -0.388. The Bertz CT molecular complexity index is 1110. The Labute approximate surface area is 171 Å². The van der Waals surface area contributed by atoms with E-state index in [1.807, 2.05) is 0 Å². The Morgan fingerprint density at radius 2 is 1.79 bits per heavy atom. The summed E-state index contributed by atoms with van der Waals surface area (Å²) in [6, 6.07) is 9.54. The van der Waals surface area contributed by atoms with E-state index >= 15 is 0 Å². The van der Waals surface area contributed by atoms with Gasteiger partial charge in [-0.05, 0) is 42.5 Å². The molecule has 3 rings (SSSR count). The number of amides is 1. The molecule has 3 aromatic rings. The van der Waals surface area contributed by atoms with Gasteiger partial charge in [0, 0.05) is 22.3 Å². The van der Waals surface area contributed by atoms with E-state index in [1.165, 1.54) is 18.2 Å². The van der Waals surface area contributed by atoms with E-state index in [0.717, 1.165) is 6.07 Å². The number of carbonyl (C=O) groups is 1. The van der Waals surface area contributed by atoms with Crippen molar-refractivity contribution in [2.75, 3.05) is 5.32 Å². The van der Waals surface area contributed by atoms with Gasteiger partial charge < -0.3 is 9.73 Å². The number of halogens is 5. The van der Waals surface area contributed by atoms with Gasteiger partial charge in [-0.1, -0.05) is 23.2 Å². The molecule has 1 aromatic heterocycles. The van der Waals surface area contributed by atoms with Gasteiger partial charge in [0.25, 0.3) is 11.6 Å². The molecule has 0 radical (unpaired) electrons. The zero-order chi connectivity index (χ0) is 21.3. The minimum atomic E-state index is -4.97. The fourth-order valence-corrected chi connectivity index (χ4v) is 2.99. The molecule has 2 aromatic carbocycles. The van der Waals surface area contributed by atoms with Crippen molar-refractivity contribution in [2.24, 2.45) is 0 Å². The maximum absolute atomic E-state index is 13.0. The lowest BCUT2D eigenvalue weighted by Crippen LogP contribution is -2.13. The highest BCUT2D eigenvalue weighted by Gasteiger charge is 2.38. The molecule has 0 aliphatic rings. The molecule has 1 N–H and O–H groups in total. The third-order valence-electron chi connectivity index (χ3n) is 3.78. The third-order valence-corrected chi connectivity index (χ3v) is 4.33. The van der Waals surface area contributed by atoms with Gasteiger partial charge in [-0.3, -0.25) is 14.9 Å². The molecule has 0 saturated carbocycles. The number of anilines is 1. The molecule has 1 amide bonds. The number of nitro groups is 1. The Hall–Kier alpha value is -3.04. The molecule has 1 heterocycles. The van der Waals surface area contributed by atoms with Crippen LogP contribution in [-0.2, 0) is 6.18 Å². The maximum Gasteiger partial charge on any atom is 0.423 e. The molecule has 0 fully saturated rings. The second-order valence-corrected chi connectivity index (χ2v) is 6.57. The van der Waals surface area contributed by atoms with Crippen LogP contribution in [0.5, 0.6) is 0 Å². The molecule has 11 heteroatoms. The molecule has 0 spiro atoms. The first-order valence-corrected chi connectivity index (χ1v) is 8.54. The number of rotatable bonds is 4. The van der Waals surface area contributed by atoms with Crippen molar-refractivity contribution in [3.05, 3.63) is 80.0 Å². The Morgan fingerprint density at radius 3 is 2.41 bits per heavy atom. The molecule has 150 valence electrons. The molecule has 0 unspecified atom stereocenters. The quantitative estimate of drug-likeness (QED) is 0.370. The summed E-state index contributed by atoms with van der Waals surface area (Å²) in [6.07, 6.45) is -4.97. The van der Waals surface area contributed by atoms with Gasteiger partial charge in [0.2, 0.25) is 0 Å². The Morgan fingerprint density at radius 1 is 1.07 bits per heavy atom. The maximum atomic E-state index is 13.0. The second-order valence-electron chi connectivity index (χ2n) is 5.73. The topological polar surface area (TPSA) is 85.4 Å². The highest BCUT2D eigenvalue weighted by molar-refractivity contribution is 6.36. The predicted molar refractivity (Wildman–Crippen MR) is 100 cm³/mol. The van der Waals surface area contributed by atoms with Gasteiger partial charge in [-0.2, -0.15) is 13.2 Å². The van der Waals surface area contributed by atoms with Crippen LogP contribution in [-0.4, -0.2) is 10.8 Å². The van der Waals surface area contributed by atoms with E-state index in [4.69, 9.17) is 27.6 Å². The molecular weight excluding hydrogens is 436 g/mol. The van der Waals surface area contributed by atoms with E-state index in [-0.39, 0.29) is 22.2 Å². The molecule has 29 heavy (non-hydrogen) atoms. The minimum Gasteiger partial charge on any atom is -0.451 e. The van der Waals surface area contributed by atoms with Gasteiger partial charge in [-0.15, -0.1) is 0 Å². The average Bonchev–Trinajstić information content (AvgIpc) is 3.10. The lowest BCUT2D eigenvalue weighted by Gasteiger charge is -2.10. The summed E-state index contributed by atoms with van der Waals surface area (Å²) < 4.78 is 44.6. The summed E-state index contributed by atoms with van der Waals surface area (Å²) in [5.74, 6) is -0.794. The summed E-state index contributed by atoms with van der Waals surface area (Å²) >= 11 is 11.9. The fourth-order valence-electron chi connectivity index (χ4n) is 2.49. The highest BCUT2D eigenvalue weighted by Crippen LogP contribution is 2.38. The molecule has 0 atom stereocenters. The predicted octanol–water partition coefficient (Wildman–Crippen LogP) is 6.43. The van der Waals surface area contributed by atoms with Crippen LogP contribution in [0.1, 0.15) is 16.1 Å². The number of carbonyl (C=O) groups excluding carboxylic acids is 1. The van der Waals surface area contributed by atoms with Crippen LogP contribution in [0.3, 0.4) is 0 Å². The number of hydrogen-bond donors (Lipinski definition) is 1. The van der Waals surface area contributed by atoms with E-state index in [1.54, 1.807) is 12.1 Å². The number of nitrogens with one attached hydrogen (secondary N) is 1. The summed E-state index contributed by atoms with van der Waals surface area (Å²) in [6.45, 7) is 0. The van der Waals surface area contributed by atoms with Crippen LogP contribution < -0.4 is 5.32 Å². The van der Waals surface area contributed by atoms with E-state index in [2.05, 4.69) is 5.32 Å². The van der Waals surface area contributed by atoms with Crippen molar-refractivity contribution in [3.63, 3.8) is 0 Å². The summed E-state index contributed by atoms with van der Waals surface area (Å²) in [5.41, 5.74) is -2.42. The first kappa shape index (κ1) is 20.7. The summed E-state index contributed by atoms with van der Waals surface area (Å²) in [4.78, 5) is 21.9. The first-order valence-electron chi connectivity index (χ1n) is 7.78. The number of nitrogens with zero attached hydrogens (tertiary/aromatic N) is 1. The summed E-state index contributed by atoms with van der Waals surface area (Å²) in [5, 5.41) is 13.7. The van der Waals surface area contributed by atoms with Crippen LogP contribution >= 0.6 is 23.2 Å². The van der Waals surface area contributed by atoms with E-state index in [0.29, 0.717) is 22.7 Å². The van der Waals surface area contributed by atoms with Gasteiger partial charge in [0.1, 0.15) is 11.3 Å². The zero-order valence-electron chi connectivity index (χ0n) is 14.1. The van der Waals surface area contributed by atoms with Gasteiger partial charge >= 0.3 is 6.18 Å². The van der Waals surface area contributed by atoms with E-state index in [9.17, 15) is 28.1 Å². The van der Waals surface area contributed by atoms with Crippen molar-refractivity contribution in [1.82, 2.24) is 0 Å². The number of alkyl halides is 3. The van der Waals surface area contributed by atoms with Crippen molar-refractivity contribution in [1.29, 1.82) is 0 Å². The third kappa shape index (κ3) is 4.52. The van der Waals surface area contributed by atoms with Crippen LogP contribution in [0, 0.1) is 10.1 Å². The monoisotopic (exact) mass is 444 g/mol. The van der Waals surface area contributed by atoms with Crippen molar-refractivity contribution >= 4 is 40.5 Å². The molecule has 0 aliphatic heterocycles. The van der Waals surface area contributed by atoms with Crippen molar-refractivity contribution < 1.29 is 27.3 Å². The summed E-state index contributed by atoms with van der Waals surface area (Å²) in [7, 11) is 0. The van der Waals surface area contributed by atoms with Crippen LogP contribution in [0.4, 0.5) is 24.5 Å². The van der Waals surface area contributed by atoms with Gasteiger partial charge in [0.15, 0.2) is 5.76 Å². The minimum absolute atomic E-state index is 0.196. The van der Waals surface area contributed by atoms with Crippen LogP contribution in [0.15, 0.2) is 52.9 Å². The molecule has 0 aliphatic carbocycles. The number of hydrogen-bond acceptors (Lipinski definition) is 4. The first-order chi connectivity index (χ1) is 13.6. The largest absolute Gasteiger partial charge is 0.451 e. The van der Waals surface area contributed by atoms with Crippen molar-refractivity contribution in [2.45, 2.75) is 6.18 Å². The standard InChI is InChI=1S/C18H9Cl2F3N2O4/c19-9-1-3-11(13(20)7-9)15-5-6-16(29-15)17(26)24-10-2-4-14(25(27)28)12(8-10)18(21,22)23/h1-8H,(H,24,26).